The number of carbonyl (C=O) groups excluding carboxylic acids is 2. The molecule has 4 N–H and O–H groups in total. The number of unbranched alkanes of at least 4 members (excludes halogenated alkanes) is 1. The Labute approximate surface area is 210 Å². The van der Waals surface area contributed by atoms with Gasteiger partial charge in [-0.2, -0.15) is 0 Å². The Bertz CT molecular complexity index is 1360. The van der Waals surface area contributed by atoms with Crippen molar-refractivity contribution in [3.63, 3.8) is 0 Å². The van der Waals surface area contributed by atoms with E-state index < -0.39 is 17.2 Å². The minimum absolute atomic E-state index is 0.00599. The predicted molar refractivity (Wildman–Crippen MR) is 143 cm³/mol. The van der Waals surface area contributed by atoms with E-state index in [1.807, 2.05) is 33.8 Å². The maximum Gasteiger partial charge on any atom is 0.330 e. The zero-order valence-electron chi connectivity index (χ0n) is 21.1. The molecule has 0 aliphatic heterocycles. The summed E-state index contributed by atoms with van der Waals surface area (Å²) in [6.45, 7) is 8.17. The normalized spacial score (nSPS) is 10.9. The van der Waals surface area contributed by atoms with Crippen LogP contribution in [0.15, 0.2) is 58.1 Å². The van der Waals surface area contributed by atoms with E-state index in [0.29, 0.717) is 24.2 Å². The smallest absolute Gasteiger partial charge is 0.330 e. The molecule has 0 bridgehead atoms. The highest BCUT2D eigenvalue weighted by molar-refractivity contribution is 6.09. The van der Waals surface area contributed by atoms with Crippen LogP contribution in [0.25, 0.3) is 0 Å². The SMILES string of the molecule is CCCCn1c(N)c(N(CC(C)C)C(=O)c2ccc(C)c(NC(=O)c3ccccc3)c2)c(=O)[nH]c1=O. The molecule has 0 unspecified atom stereocenters. The highest BCUT2D eigenvalue weighted by Gasteiger charge is 2.26. The molecule has 0 fully saturated rings. The maximum atomic E-state index is 13.7. The highest BCUT2D eigenvalue weighted by atomic mass is 16.2. The number of amides is 2. The molecule has 1 heterocycles. The Balaban J connectivity index is 2.03. The van der Waals surface area contributed by atoms with Crippen LogP contribution in [-0.4, -0.2) is 27.9 Å². The van der Waals surface area contributed by atoms with Crippen LogP contribution in [0.4, 0.5) is 17.2 Å². The van der Waals surface area contributed by atoms with Gasteiger partial charge in [-0.15, -0.1) is 0 Å². The number of nitrogens with two attached hydrogens (primary N) is 1. The van der Waals surface area contributed by atoms with Crippen molar-refractivity contribution in [1.82, 2.24) is 9.55 Å². The van der Waals surface area contributed by atoms with Gasteiger partial charge in [0, 0.05) is 29.9 Å². The summed E-state index contributed by atoms with van der Waals surface area (Å²) in [5.74, 6) is -0.801. The summed E-state index contributed by atoms with van der Waals surface area (Å²) >= 11 is 0. The fraction of sp³-hybridized carbons (Fsp3) is 0.333. The van der Waals surface area contributed by atoms with E-state index in [2.05, 4.69) is 10.3 Å². The molecule has 0 saturated heterocycles. The zero-order chi connectivity index (χ0) is 26.4. The van der Waals surface area contributed by atoms with E-state index >= 15 is 0 Å². The predicted octanol–water partition coefficient (Wildman–Crippen LogP) is 3.78. The summed E-state index contributed by atoms with van der Waals surface area (Å²) in [4.78, 5) is 55.3. The monoisotopic (exact) mass is 491 g/mol. The van der Waals surface area contributed by atoms with Crippen LogP contribution < -0.4 is 27.2 Å². The van der Waals surface area contributed by atoms with Gasteiger partial charge in [0.15, 0.2) is 5.69 Å². The second-order valence-electron chi connectivity index (χ2n) is 9.16. The lowest BCUT2D eigenvalue weighted by atomic mass is 10.1. The van der Waals surface area contributed by atoms with Crippen LogP contribution in [0, 0.1) is 12.8 Å². The number of nitrogen functional groups attached to an aromatic ring is 1. The van der Waals surface area contributed by atoms with Crippen LogP contribution in [0.5, 0.6) is 0 Å². The Kier molecular flexibility index (Phi) is 8.47. The molecule has 9 nitrogen and oxygen atoms in total. The summed E-state index contributed by atoms with van der Waals surface area (Å²) in [5.41, 5.74) is 6.93. The van der Waals surface area contributed by atoms with Gasteiger partial charge in [0.2, 0.25) is 0 Å². The third kappa shape index (κ3) is 5.91. The van der Waals surface area contributed by atoms with Crippen molar-refractivity contribution in [3.05, 3.63) is 86.1 Å². The van der Waals surface area contributed by atoms with Gasteiger partial charge in [0.25, 0.3) is 17.4 Å². The number of H-pyrrole nitrogens is 1. The molecule has 1 aromatic heterocycles. The van der Waals surface area contributed by atoms with Crippen LogP contribution in [0.2, 0.25) is 0 Å². The van der Waals surface area contributed by atoms with Gasteiger partial charge in [-0.1, -0.05) is 51.5 Å². The van der Waals surface area contributed by atoms with Crippen LogP contribution in [0.3, 0.4) is 0 Å². The molecule has 0 atom stereocenters. The van der Waals surface area contributed by atoms with Crippen molar-refractivity contribution in [3.8, 4) is 0 Å². The summed E-state index contributed by atoms with van der Waals surface area (Å²) < 4.78 is 1.29. The van der Waals surface area contributed by atoms with Crippen molar-refractivity contribution in [2.24, 2.45) is 5.92 Å². The third-order valence-corrected chi connectivity index (χ3v) is 5.78. The number of nitrogens with zero attached hydrogens (tertiary/aromatic N) is 2. The lowest BCUT2D eigenvalue weighted by molar-refractivity contribution is 0.0981. The molecule has 0 aliphatic carbocycles. The Morgan fingerprint density at radius 3 is 2.42 bits per heavy atom. The average Bonchev–Trinajstić information content (AvgIpc) is 2.84. The number of rotatable bonds is 9. The number of hydrogen-bond acceptors (Lipinski definition) is 5. The Hall–Kier alpha value is -4.14. The molecule has 2 aromatic carbocycles. The maximum absolute atomic E-state index is 13.7. The third-order valence-electron chi connectivity index (χ3n) is 5.78. The Morgan fingerprint density at radius 1 is 1.08 bits per heavy atom. The van der Waals surface area contributed by atoms with Gasteiger partial charge in [-0.3, -0.25) is 23.9 Å². The van der Waals surface area contributed by atoms with Gasteiger partial charge >= 0.3 is 5.69 Å². The molecular weight excluding hydrogens is 458 g/mol. The molecule has 3 rings (SSSR count). The van der Waals surface area contributed by atoms with Crippen molar-refractivity contribution in [1.29, 1.82) is 0 Å². The van der Waals surface area contributed by atoms with Crippen LogP contribution in [0.1, 0.15) is 59.9 Å². The summed E-state index contributed by atoms with van der Waals surface area (Å²) in [6.07, 6.45) is 1.52. The first-order valence-corrected chi connectivity index (χ1v) is 12.1. The van der Waals surface area contributed by atoms with Crippen molar-refractivity contribution < 1.29 is 9.59 Å². The summed E-state index contributed by atoms with van der Waals surface area (Å²) in [5, 5.41) is 2.86. The second-order valence-corrected chi connectivity index (χ2v) is 9.16. The van der Waals surface area contributed by atoms with Gasteiger partial charge in [0.05, 0.1) is 0 Å². The van der Waals surface area contributed by atoms with Crippen LogP contribution in [-0.2, 0) is 6.54 Å². The first kappa shape index (κ1) is 26.5. The fourth-order valence-corrected chi connectivity index (χ4v) is 3.85. The summed E-state index contributed by atoms with van der Waals surface area (Å²) in [6, 6.07) is 13.7. The molecule has 2 amide bonds. The average molecular weight is 492 g/mol. The quantitative estimate of drug-likeness (QED) is 0.419. The molecule has 0 saturated carbocycles. The van der Waals surface area contributed by atoms with E-state index in [9.17, 15) is 19.2 Å². The van der Waals surface area contributed by atoms with Gasteiger partial charge in [-0.05, 0) is 49.1 Å². The standard InChI is InChI=1S/C27H33N5O4/c1-5-6-14-31-23(28)22(25(34)30-27(31)36)32(16-17(2)3)26(35)20-13-12-18(4)21(15-20)29-24(33)19-10-8-7-9-11-19/h7-13,15,17H,5-6,14,16,28H2,1-4H3,(H,29,33)(H,30,34,36). The molecule has 9 heteroatoms. The number of aromatic amines is 1. The van der Waals surface area contributed by atoms with Gasteiger partial charge in [0.1, 0.15) is 5.82 Å². The first-order chi connectivity index (χ1) is 17.1. The number of anilines is 3. The molecule has 0 radical (unpaired) electrons. The van der Waals surface area contributed by atoms with E-state index in [0.717, 1.165) is 12.0 Å². The minimum atomic E-state index is -0.719. The van der Waals surface area contributed by atoms with Crippen molar-refractivity contribution in [2.45, 2.75) is 47.1 Å². The number of hydrogen-bond donors (Lipinski definition) is 3. The van der Waals surface area contributed by atoms with E-state index in [1.54, 1.807) is 42.5 Å². The lowest BCUT2D eigenvalue weighted by Crippen LogP contribution is -2.42. The van der Waals surface area contributed by atoms with E-state index in [-0.39, 0.29) is 35.4 Å². The number of nitrogens with one attached hydrogen (secondary N) is 2. The topological polar surface area (TPSA) is 130 Å². The van der Waals surface area contributed by atoms with Crippen molar-refractivity contribution in [2.75, 3.05) is 22.5 Å². The zero-order valence-corrected chi connectivity index (χ0v) is 21.1. The fourth-order valence-electron chi connectivity index (χ4n) is 3.85. The van der Waals surface area contributed by atoms with Crippen LogP contribution >= 0.6 is 0 Å². The number of aromatic nitrogens is 2. The van der Waals surface area contributed by atoms with Gasteiger partial charge in [-0.25, -0.2) is 4.79 Å². The Morgan fingerprint density at radius 2 is 1.78 bits per heavy atom. The molecule has 3 aromatic rings. The molecule has 36 heavy (non-hydrogen) atoms. The molecule has 0 spiro atoms. The minimum Gasteiger partial charge on any atom is -0.383 e. The lowest BCUT2D eigenvalue weighted by Gasteiger charge is -2.26. The number of benzene rings is 2. The number of aryl methyl sites for hydroxylation is 1. The second kappa shape index (κ2) is 11.5. The largest absolute Gasteiger partial charge is 0.383 e. The van der Waals surface area contributed by atoms with Gasteiger partial charge < -0.3 is 16.0 Å². The highest BCUT2D eigenvalue weighted by Crippen LogP contribution is 2.24. The molecule has 0 aliphatic rings. The molecular formula is C27H33N5O4. The van der Waals surface area contributed by atoms with E-state index in [1.165, 1.54) is 9.47 Å². The van der Waals surface area contributed by atoms with Crippen molar-refractivity contribution >= 4 is 29.0 Å². The molecule has 190 valence electrons. The summed E-state index contributed by atoms with van der Waals surface area (Å²) in [7, 11) is 0. The van der Waals surface area contributed by atoms with E-state index in [4.69, 9.17) is 5.73 Å². The first-order valence-electron chi connectivity index (χ1n) is 12.1. The number of carbonyl (C=O) groups is 2.